The van der Waals surface area contributed by atoms with Crippen molar-refractivity contribution in [2.24, 2.45) is 0 Å². The topological polar surface area (TPSA) is 20.2 Å². The third kappa shape index (κ3) is 21.7. The van der Waals surface area contributed by atoms with Gasteiger partial charge in [0.2, 0.25) is 0 Å². The van der Waals surface area contributed by atoms with Crippen molar-refractivity contribution >= 4 is 12.4 Å². The zero-order valence-corrected chi connectivity index (χ0v) is 12.7. The van der Waals surface area contributed by atoms with E-state index in [4.69, 9.17) is 5.11 Å². The summed E-state index contributed by atoms with van der Waals surface area (Å²) >= 11 is 0. The summed E-state index contributed by atoms with van der Waals surface area (Å²) in [6.45, 7) is 2.40. The van der Waals surface area contributed by atoms with Gasteiger partial charge in [-0.2, -0.15) is 12.2 Å². The van der Waals surface area contributed by atoms with Crippen LogP contribution in [0.15, 0.2) is 36.5 Å². The van der Waals surface area contributed by atoms with E-state index in [2.05, 4.69) is 31.2 Å². The number of unbranched alkanes of at least 4 members (excludes halogenated alkanes) is 1. The molecule has 0 atom stereocenters. The van der Waals surface area contributed by atoms with Crippen molar-refractivity contribution < 1.29 is 26.8 Å². The molecule has 0 fully saturated rings. The summed E-state index contributed by atoms with van der Waals surface area (Å²) in [6.07, 6.45) is 22.0. The average Bonchev–Trinajstić information content (AvgIpc) is 2.99. The quantitative estimate of drug-likeness (QED) is 0.605. The minimum atomic E-state index is 0. The summed E-state index contributed by atoms with van der Waals surface area (Å²) in [5, 5.41) is 8.07. The van der Waals surface area contributed by atoms with Gasteiger partial charge in [0, 0.05) is 6.61 Å². The molecule has 0 aromatic rings. The van der Waals surface area contributed by atoms with Crippen molar-refractivity contribution in [2.75, 3.05) is 6.61 Å². The fourth-order valence-electron chi connectivity index (χ4n) is 0.839. The van der Waals surface area contributed by atoms with Crippen LogP contribution in [0.4, 0.5) is 0 Å². The maximum atomic E-state index is 8.07. The first kappa shape index (κ1) is 22.1. The molecule has 0 saturated heterocycles. The first-order valence-corrected chi connectivity index (χ1v) is 5.46. The van der Waals surface area contributed by atoms with Gasteiger partial charge < -0.3 is 5.11 Å². The number of halogens is 1. The number of allylic oxidation sites excluding steroid dienone is 8. The standard InChI is InChI=1S/2C5H5.C4H10O.ClH.Ti/c2*1-2-4-5-3-1;1-2-3-4-5;;/h2*1-3H,4H2;5H,2-4H2,1H3;1H;/q2*-1;;;+2. The Balaban J connectivity index is -0.000000163. The maximum absolute atomic E-state index is 8.07. The molecule has 3 heteroatoms. The summed E-state index contributed by atoms with van der Waals surface area (Å²) in [4.78, 5) is 0. The van der Waals surface area contributed by atoms with Crippen LogP contribution < -0.4 is 0 Å². The van der Waals surface area contributed by atoms with Gasteiger partial charge in [-0.25, -0.2) is 24.3 Å². The Bertz CT molecular complexity index is 188. The predicted octanol–water partition coefficient (Wildman–Crippen LogP) is 3.81. The van der Waals surface area contributed by atoms with Crippen molar-refractivity contribution in [1.29, 1.82) is 0 Å². The SMILES string of the molecule is CCCCO.Cl.[C-]1=CC=CC1.[C-]1=CC=CC1.[Ti+2]. The normalized spacial score (nSPS) is 12.8. The second kappa shape index (κ2) is 21.2. The molecule has 0 saturated carbocycles. The molecule has 94 valence electrons. The van der Waals surface area contributed by atoms with Gasteiger partial charge in [-0.3, -0.25) is 12.2 Å². The average molecular weight is 289 g/mol. The second-order valence-corrected chi connectivity index (χ2v) is 3.08. The van der Waals surface area contributed by atoms with Gasteiger partial charge in [-0.15, -0.1) is 25.2 Å². The summed E-state index contributed by atoms with van der Waals surface area (Å²) in [5.74, 6) is 0. The molecular formula is C14H21ClOTi. The van der Waals surface area contributed by atoms with E-state index in [0.29, 0.717) is 6.61 Å². The number of hydrogen-bond donors (Lipinski definition) is 1. The Morgan fingerprint density at radius 1 is 1.06 bits per heavy atom. The van der Waals surface area contributed by atoms with E-state index in [1.165, 1.54) is 0 Å². The molecule has 0 unspecified atom stereocenters. The Hall–Kier alpha value is -0.0757. The monoisotopic (exact) mass is 288 g/mol. The molecule has 0 heterocycles. The smallest absolute Gasteiger partial charge is 0.396 e. The van der Waals surface area contributed by atoms with Crippen molar-refractivity contribution in [1.82, 2.24) is 0 Å². The van der Waals surface area contributed by atoms with E-state index >= 15 is 0 Å². The summed E-state index contributed by atoms with van der Waals surface area (Å²) in [6, 6.07) is 0. The Labute approximate surface area is 127 Å². The third-order valence-corrected chi connectivity index (χ3v) is 1.68. The van der Waals surface area contributed by atoms with Crippen LogP contribution in [-0.2, 0) is 21.7 Å². The molecule has 0 radical (unpaired) electrons. The number of rotatable bonds is 2. The molecule has 17 heavy (non-hydrogen) atoms. The van der Waals surface area contributed by atoms with Crippen molar-refractivity contribution in [2.45, 2.75) is 32.6 Å². The molecule has 0 aromatic heterocycles. The van der Waals surface area contributed by atoms with Crippen molar-refractivity contribution in [3.63, 3.8) is 0 Å². The van der Waals surface area contributed by atoms with Crippen molar-refractivity contribution in [3.05, 3.63) is 48.6 Å². The summed E-state index contributed by atoms with van der Waals surface area (Å²) in [7, 11) is 0. The van der Waals surface area contributed by atoms with E-state index < -0.39 is 0 Å². The Morgan fingerprint density at radius 2 is 1.53 bits per heavy atom. The minimum Gasteiger partial charge on any atom is -0.396 e. The number of aliphatic hydroxyl groups is 1. The Morgan fingerprint density at radius 3 is 1.59 bits per heavy atom. The summed E-state index contributed by atoms with van der Waals surface area (Å²) < 4.78 is 0. The maximum Gasteiger partial charge on any atom is 2.00 e. The number of hydrogen-bond acceptors (Lipinski definition) is 1. The zero-order valence-electron chi connectivity index (χ0n) is 10.4. The van der Waals surface area contributed by atoms with Crippen LogP contribution in [0.1, 0.15) is 32.6 Å². The van der Waals surface area contributed by atoms with E-state index in [-0.39, 0.29) is 34.1 Å². The van der Waals surface area contributed by atoms with E-state index in [9.17, 15) is 0 Å². The van der Waals surface area contributed by atoms with Gasteiger partial charge in [0.15, 0.2) is 0 Å². The van der Waals surface area contributed by atoms with Crippen LogP contribution >= 0.6 is 12.4 Å². The van der Waals surface area contributed by atoms with Gasteiger partial charge in [-0.1, -0.05) is 13.3 Å². The predicted molar refractivity (Wildman–Crippen MR) is 72.4 cm³/mol. The minimum absolute atomic E-state index is 0. The van der Waals surface area contributed by atoms with Crippen LogP contribution in [0.3, 0.4) is 0 Å². The number of aliphatic hydroxyl groups excluding tert-OH is 1. The fraction of sp³-hybridized carbons (Fsp3) is 0.429. The molecule has 0 aromatic carbocycles. The fourth-order valence-corrected chi connectivity index (χ4v) is 0.839. The molecule has 1 N–H and O–H groups in total. The van der Waals surface area contributed by atoms with E-state index in [0.717, 1.165) is 25.7 Å². The van der Waals surface area contributed by atoms with Gasteiger partial charge >= 0.3 is 21.7 Å². The zero-order chi connectivity index (χ0) is 11.2. The van der Waals surface area contributed by atoms with Crippen molar-refractivity contribution in [3.8, 4) is 0 Å². The van der Waals surface area contributed by atoms with Crippen LogP contribution in [0, 0.1) is 12.2 Å². The largest absolute Gasteiger partial charge is 2.00 e. The molecule has 2 aliphatic carbocycles. The molecule has 0 amide bonds. The molecule has 2 rings (SSSR count). The van der Waals surface area contributed by atoms with Crippen LogP contribution in [0.25, 0.3) is 0 Å². The Kier molecular flexibility index (Phi) is 27.6. The molecule has 0 spiro atoms. The van der Waals surface area contributed by atoms with E-state index in [1.807, 2.05) is 24.3 Å². The van der Waals surface area contributed by atoms with Gasteiger partial charge in [-0.05, 0) is 6.42 Å². The molecule has 1 nitrogen and oxygen atoms in total. The van der Waals surface area contributed by atoms with Gasteiger partial charge in [0.1, 0.15) is 0 Å². The van der Waals surface area contributed by atoms with Crippen LogP contribution in [0.5, 0.6) is 0 Å². The van der Waals surface area contributed by atoms with Crippen LogP contribution in [-0.4, -0.2) is 11.7 Å². The second-order valence-electron chi connectivity index (χ2n) is 3.08. The molecule has 2 aliphatic rings. The third-order valence-electron chi connectivity index (χ3n) is 1.68. The molecule has 0 aliphatic heterocycles. The van der Waals surface area contributed by atoms with E-state index in [1.54, 1.807) is 0 Å². The first-order valence-electron chi connectivity index (χ1n) is 5.46. The van der Waals surface area contributed by atoms with Gasteiger partial charge in [0.05, 0.1) is 0 Å². The molecule has 0 bridgehead atoms. The van der Waals surface area contributed by atoms with Crippen LogP contribution in [0.2, 0.25) is 0 Å². The summed E-state index contributed by atoms with van der Waals surface area (Å²) in [5.41, 5.74) is 0. The molecular weight excluding hydrogens is 267 g/mol. The first-order chi connectivity index (χ1) is 7.41. The van der Waals surface area contributed by atoms with Gasteiger partial charge in [0.25, 0.3) is 0 Å².